The van der Waals surface area contributed by atoms with Crippen molar-refractivity contribution in [3.05, 3.63) is 25.1 Å². The molecule has 0 saturated carbocycles. The second kappa shape index (κ2) is 8.94. The minimum absolute atomic E-state index is 0.173. The van der Waals surface area contributed by atoms with E-state index in [-0.39, 0.29) is 15.1 Å². The first kappa shape index (κ1) is 20.3. The van der Waals surface area contributed by atoms with Crippen LogP contribution in [0.3, 0.4) is 0 Å². The van der Waals surface area contributed by atoms with Crippen molar-refractivity contribution in [2.75, 3.05) is 4.06 Å². The summed E-state index contributed by atoms with van der Waals surface area (Å²) in [6, 6.07) is 3.32. The van der Waals surface area contributed by atoms with Gasteiger partial charge in [-0.3, -0.25) is 0 Å². The molecule has 116 valence electrons. The average Bonchev–Trinajstić information content (AvgIpc) is 2.51. The van der Waals surface area contributed by atoms with E-state index in [9.17, 15) is 0 Å². The predicted molar refractivity (Wildman–Crippen MR) is 93.4 cm³/mol. The van der Waals surface area contributed by atoms with E-state index in [2.05, 4.69) is 24.8 Å². The zero-order chi connectivity index (χ0) is 16.2. The van der Waals surface area contributed by atoms with Crippen molar-refractivity contribution in [1.82, 2.24) is 0 Å². The monoisotopic (exact) mass is 457 g/mol. The predicted octanol–water partition coefficient (Wildman–Crippen LogP) is 7.30. The van der Waals surface area contributed by atoms with E-state index in [1.54, 1.807) is 0 Å². The molecular formula is C12H16Cl5NOSiZn. The molecule has 1 aromatic carbocycles. The molecule has 0 fully saturated rings. The van der Waals surface area contributed by atoms with Crippen LogP contribution in [0, 0.1) is 0 Å². The first-order valence-corrected chi connectivity index (χ1v) is 13.8. The zero-order valence-corrected chi connectivity index (χ0v) is 19.9. The zero-order valence-electron chi connectivity index (χ0n) is 12.1. The minimum atomic E-state index is -1.60. The maximum atomic E-state index is 6.28. The molecule has 1 N–H and O–H groups in total. The van der Waals surface area contributed by atoms with Gasteiger partial charge in [0, 0.05) is 0 Å². The number of anilines is 1. The molecule has 9 heteroatoms. The summed E-state index contributed by atoms with van der Waals surface area (Å²) >= 11 is 29.0. The molecule has 0 heterocycles. The normalized spacial score (nSPS) is 11.4. The molecule has 21 heavy (non-hydrogen) atoms. The third kappa shape index (κ3) is 4.64. The molecule has 0 aliphatic carbocycles. The Kier molecular flexibility index (Phi) is 8.65. The number of nitrogens with one attached hydrogen (secondary N) is 1. The summed E-state index contributed by atoms with van der Waals surface area (Å²) in [5.74, 6) is 0. The molecule has 0 bridgehead atoms. The van der Waals surface area contributed by atoms with E-state index >= 15 is 0 Å². The summed E-state index contributed by atoms with van der Waals surface area (Å²) in [7, 11) is -1.60. The summed E-state index contributed by atoms with van der Waals surface area (Å²) in [6.07, 6.45) is 0. The second-order valence-electron chi connectivity index (χ2n) is 4.65. The molecular weight excluding hydrogens is 445 g/mol. The van der Waals surface area contributed by atoms with Gasteiger partial charge in [0.25, 0.3) is 0 Å². The second-order valence-corrected chi connectivity index (χ2v) is 14.5. The molecule has 0 unspecified atom stereocenters. The van der Waals surface area contributed by atoms with Crippen molar-refractivity contribution in [2.45, 2.75) is 38.9 Å². The van der Waals surface area contributed by atoms with Crippen LogP contribution >= 0.6 is 58.0 Å². The first-order valence-electron chi connectivity index (χ1n) is 6.72. The van der Waals surface area contributed by atoms with Gasteiger partial charge in [-0.15, -0.1) is 0 Å². The SMILES string of the molecule is CC[Si](CC)(CC)[O][Zn][NH]c1c(Cl)c(Cl)c(Cl)c(Cl)c1Cl. The van der Waals surface area contributed by atoms with Crippen LogP contribution in [0.5, 0.6) is 0 Å². The van der Waals surface area contributed by atoms with Crippen molar-refractivity contribution in [3.8, 4) is 0 Å². The summed E-state index contributed by atoms with van der Waals surface area (Å²) in [5, 5.41) is 1.18. The number of benzene rings is 1. The molecule has 0 saturated heterocycles. The van der Waals surface area contributed by atoms with E-state index in [1.807, 2.05) is 0 Å². The van der Waals surface area contributed by atoms with Gasteiger partial charge in [-0.2, -0.15) is 0 Å². The van der Waals surface area contributed by atoms with E-state index in [1.165, 1.54) is 0 Å². The average molecular weight is 461 g/mol. The summed E-state index contributed by atoms with van der Waals surface area (Å²) in [6.45, 7) is 6.58. The Balaban J connectivity index is 2.91. The van der Waals surface area contributed by atoms with Crippen LogP contribution < -0.4 is 4.06 Å². The van der Waals surface area contributed by atoms with Crippen LogP contribution in [-0.2, 0) is 21.0 Å². The third-order valence-corrected chi connectivity index (χ3v) is 16.5. The Hall–Kier alpha value is 1.27. The van der Waals surface area contributed by atoms with Crippen LogP contribution in [0.2, 0.25) is 43.2 Å². The van der Waals surface area contributed by atoms with Gasteiger partial charge in [-0.1, -0.05) is 0 Å². The van der Waals surface area contributed by atoms with E-state index in [0.717, 1.165) is 18.1 Å². The number of hydrogen-bond acceptors (Lipinski definition) is 2. The molecule has 0 amide bonds. The standard InChI is InChI=1S/C6HCl5N.C6H15OSi.Zn/c7-1-2(8)4(10)6(12)5(11)3(1)9;1-4-8(7,5-2)6-3;/h12H;4-6H2,1-3H3;/q2*-1;+2. The van der Waals surface area contributed by atoms with Gasteiger partial charge in [0.2, 0.25) is 0 Å². The maximum absolute atomic E-state index is 6.28. The molecule has 0 spiro atoms. The van der Waals surface area contributed by atoms with Crippen molar-refractivity contribution < 1.29 is 21.0 Å². The van der Waals surface area contributed by atoms with Gasteiger partial charge in [-0.25, -0.2) is 0 Å². The van der Waals surface area contributed by atoms with Gasteiger partial charge in [0.05, 0.1) is 0 Å². The third-order valence-electron chi connectivity index (χ3n) is 3.77. The number of rotatable bonds is 7. The fourth-order valence-corrected chi connectivity index (χ4v) is 13.6. The van der Waals surface area contributed by atoms with Crippen molar-refractivity contribution in [3.63, 3.8) is 0 Å². The van der Waals surface area contributed by atoms with Gasteiger partial charge in [0.15, 0.2) is 0 Å². The van der Waals surface area contributed by atoms with E-state index in [0.29, 0.717) is 15.7 Å². The summed E-state index contributed by atoms with van der Waals surface area (Å²) < 4.78 is 9.54. The van der Waals surface area contributed by atoms with Crippen LogP contribution in [0.25, 0.3) is 0 Å². The molecule has 0 aliphatic rings. The van der Waals surface area contributed by atoms with Gasteiger partial charge in [0.1, 0.15) is 0 Å². The van der Waals surface area contributed by atoms with Crippen molar-refractivity contribution >= 4 is 72.0 Å². The molecule has 0 radical (unpaired) electrons. The van der Waals surface area contributed by atoms with Crippen molar-refractivity contribution in [2.24, 2.45) is 0 Å². The number of hydrogen-bond donors (Lipinski definition) is 1. The molecule has 0 aromatic heterocycles. The van der Waals surface area contributed by atoms with Crippen LogP contribution in [0.15, 0.2) is 0 Å². The molecule has 0 atom stereocenters. The van der Waals surface area contributed by atoms with Gasteiger partial charge < -0.3 is 0 Å². The molecule has 0 aliphatic heterocycles. The molecule has 1 rings (SSSR count). The fraction of sp³-hybridized carbons (Fsp3) is 0.500. The topological polar surface area (TPSA) is 21.3 Å². The Morgan fingerprint density at radius 2 is 1.19 bits per heavy atom. The first-order chi connectivity index (χ1) is 9.83. The van der Waals surface area contributed by atoms with Crippen molar-refractivity contribution in [1.29, 1.82) is 0 Å². The van der Waals surface area contributed by atoms with Gasteiger partial charge >= 0.3 is 161 Å². The molecule has 1 aromatic rings. The van der Waals surface area contributed by atoms with E-state index < -0.39 is 26.0 Å². The number of halogens is 5. The van der Waals surface area contributed by atoms with Gasteiger partial charge in [-0.05, 0) is 0 Å². The summed E-state index contributed by atoms with van der Waals surface area (Å²) in [5.41, 5.74) is 0.531. The quantitative estimate of drug-likeness (QED) is 0.262. The van der Waals surface area contributed by atoms with Crippen LogP contribution in [-0.4, -0.2) is 8.32 Å². The fourth-order valence-electron chi connectivity index (χ4n) is 2.08. The van der Waals surface area contributed by atoms with Crippen LogP contribution in [0.1, 0.15) is 20.8 Å². The Morgan fingerprint density at radius 1 is 0.810 bits per heavy atom. The molecule has 2 nitrogen and oxygen atoms in total. The Morgan fingerprint density at radius 3 is 1.57 bits per heavy atom. The van der Waals surface area contributed by atoms with Crippen LogP contribution in [0.4, 0.5) is 5.69 Å². The summed E-state index contributed by atoms with van der Waals surface area (Å²) in [4.78, 5) is 0. The Labute approximate surface area is 160 Å². The van der Waals surface area contributed by atoms with E-state index in [4.69, 9.17) is 61.3 Å². The Bertz CT molecular complexity index is 476.